The summed E-state index contributed by atoms with van der Waals surface area (Å²) in [5.74, 6) is 1.53. The molecule has 0 amide bonds. The first-order chi connectivity index (χ1) is 13.4. The molecule has 2 aromatic heterocycles. The second kappa shape index (κ2) is 6.68. The van der Waals surface area contributed by atoms with E-state index >= 15 is 0 Å². The molecule has 0 saturated heterocycles. The van der Waals surface area contributed by atoms with Gasteiger partial charge in [0.1, 0.15) is 5.82 Å². The molecule has 5 rings (SSSR count). The largest absolute Gasteiger partial charge is 0.352 e. The molecule has 1 aliphatic rings. The van der Waals surface area contributed by atoms with E-state index in [2.05, 4.69) is 56.6 Å². The second-order valence-corrected chi connectivity index (χ2v) is 6.68. The summed E-state index contributed by atoms with van der Waals surface area (Å²) in [5, 5.41) is 4.42. The van der Waals surface area contributed by atoms with Crippen LogP contribution in [0.25, 0.3) is 10.9 Å². The predicted molar refractivity (Wildman–Crippen MR) is 108 cm³/mol. The van der Waals surface area contributed by atoms with Crippen LogP contribution in [0.5, 0.6) is 0 Å². The van der Waals surface area contributed by atoms with Crippen LogP contribution in [0.2, 0.25) is 0 Å². The summed E-state index contributed by atoms with van der Waals surface area (Å²) in [6.45, 7) is 1.84. The zero-order valence-electron chi connectivity index (χ0n) is 14.8. The van der Waals surface area contributed by atoms with E-state index in [1.807, 2.05) is 30.5 Å². The van der Waals surface area contributed by atoms with Crippen LogP contribution in [-0.2, 0) is 13.0 Å². The molecule has 1 N–H and O–H groups in total. The first kappa shape index (κ1) is 15.8. The van der Waals surface area contributed by atoms with E-state index in [0.29, 0.717) is 5.95 Å². The molecule has 27 heavy (non-hydrogen) atoms. The van der Waals surface area contributed by atoms with Gasteiger partial charge >= 0.3 is 0 Å². The lowest BCUT2D eigenvalue weighted by molar-refractivity contribution is 0.720. The highest BCUT2D eigenvalue weighted by molar-refractivity contribution is 5.91. The first-order valence-electron chi connectivity index (χ1n) is 9.12. The summed E-state index contributed by atoms with van der Waals surface area (Å²) in [6.07, 6.45) is 4.65. The second-order valence-electron chi connectivity index (χ2n) is 6.68. The number of para-hydroxylation sites is 1. The summed E-state index contributed by atoms with van der Waals surface area (Å²) in [6, 6.07) is 20.7. The van der Waals surface area contributed by atoms with Gasteiger partial charge in [0.15, 0.2) is 0 Å². The van der Waals surface area contributed by atoms with Crippen molar-refractivity contribution in [2.75, 3.05) is 16.8 Å². The predicted octanol–water partition coefficient (Wildman–Crippen LogP) is 4.33. The number of anilines is 3. The van der Waals surface area contributed by atoms with Crippen molar-refractivity contribution in [3.63, 3.8) is 0 Å². The van der Waals surface area contributed by atoms with Crippen LogP contribution in [0, 0.1) is 0 Å². The normalized spacial score (nSPS) is 13.4. The van der Waals surface area contributed by atoms with Gasteiger partial charge in [-0.15, -0.1) is 0 Å². The number of nitrogens with zero attached hydrogens (tertiary/aromatic N) is 4. The molecule has 0 aliphatic carbocycles. The van der Waals surface area contributed by atoms with E-state index in [4.69, 9.17) is 4.98 Å². The van der Waals surface area contributed by atoms with Crippen molar-refractivity contribution in [2.24, 2.45) is 0 Å². The van der Waals surface area contributed by atoms with Gasteiger partial charge in [0.05, 0.1) is 11.2 Å². The third-order valence-corrected chi connectivity index (χ3v) is 4.97. The maximum absolute atomic E-state index is 4.75. The minimum Gasteiger partial charge on any atom is -0.352 e. The van der Waals surface area contributed by atoms with Crippen LogP contribution in [0.1, 0.15) is 11.1 Å². The van der Waals surface area contributed by atoms with Crippen LogP contribution < -0.4 is 10.2 Å². The van der Waals surface area contributed by atoms with E-state index in [1.54, 1.807) is 6.20 Å². The Morgan fingerprint density at radius 2 is 1.70 bits per heavy atom. The standard InChI is InChI=1S/C22H19N5/c1-2-6-18-15-27(14-11-16(18)5-1)20-10-13-24-22(26-20)25-19-9-3-7-17-8-4-12-23-21(17)19/h1-10,12-13H,11,14-15H2,(H,24,25,26). The van der Waals surface area contributed by atoms with Crippen molar-refractivity contribution in [3.05, 3.63) is 84.2 Å². The molecule has 1 aliphatic heterocycles. The van der Waals surface area contributed by atoms with Crippen LogP contribution >= 0.6 is 0 Å². The smallest absolute Gasteiger partial charge is 0.229 e. The Kier molecular flexibility index (Phi) is 3.90. The highest BCUT2D eigenvalue weighted by Crippen LogP contribution is 2.26. The molecule has 0 radical (unpaired) electrons. The van der Waals surface area contributed by atoms with Crippen molar-refractivity contribution in [1.82, 2.24) is 15.0 Å². The summed E-state index contributed by atoms with van der Waals surface area (Å²) in [4.78, 5) is 15.9. The Labute approximate surface area is 157 Å². The zero-order valence-corrected chi connectivity index (χ0v) is 14.8. The fraction of sp³-hybridized carbons (Fsp3) is 0.136. The molecule has 5 heteroatoms. The fourth-order valence-corrected chi connectivity index (χ4v) is 3.60. The summed E-state index contributed by atoms with van der Waals surface area (Å²) in [5.41, 5.74) is 4.63. The molecular weight excluding hydrogens is 334 g/mol. The first-order valence-corrected chi connectivity index (χ1v) is 9.12. The van der Waals surface area contributed by atoms with Crippen LogP contribution in [0.15, 0.2) is 73.1 Å². The highest BCUT2D eigenvalue weighted by Gasteiger charge is 2.17. The van der Waals surface area contributed by atoms with Gasteiger partial charge in [0.2, 0.25) is 5.95 Å². The average Bonchev–Trinajstić information content (AvgIpc) is 2.74. The number of nitrogens with one attached hydrogen (secondary N) is 1. The van der Waals surface area contributed by atoms with Gasteiger partial charge in [-0.3, -0.25) is 4.98 Å². The maximum Gasteiger partial charge on any atom is 0.229 e. The van der Waals surface area contributed by atoms with Gasteiger partial charge in [-0.25, -0.2) is 4.98 Å². The third kappa shape index (κ3) is 3.08. The number of pyridine rings is 1. The van der Waals surface area contributed by atoms with E-state index in [9.17, 15) is 0 Å². The average molecular weight is 353 g/mol. The molecule has 2 aromatic carbocycles. The summed E-state index contributed by atoms with van der Waals surface area (Å²) < 4.78 is 0. The molecule has 132 valence electrons. The number of benzene rings is 2. The van der Waals surface area contributed by atoms with Crippen molar-refractivity contribution in [3.8, 4) is 0 Å². The van der Waals surface area contributed by atoms with Gasteiger partial charge < -0.3 is 10.2 Å². The number of fused-ring (bicyclic) bond motifs is 2. The third-order valence-electron chi connectivity index (χ3n) is 4.97. The van der Waals surface area contributed by atoms with Gasteiger partial charge in [-0.2, -0.15) is 4.98 Å². The van der Waals surface area contributed by atoms with Crippen molar-refractivity contribution >= 4 is 28.4 Å². The number of rotatable bonds is 3. The molecule has 5 nitrogen and oxygen atoms in total. The molecule has 4 aromatic rings. The quantitative estimate of drug-likeness (QED) is 0.594. The molecule has 0 fully saturated rings. The molecule has 0 atom stereocenters. The molecule has 0 bridgehead atoms. The number of hydrogen-bond acceptors (Lipinski definition) is 5. The van der Waals surface area contributed by atoms with E-state index in [0.717, 1.165) is 41.9 Å². The summed E-state index contributed by atoms with van der Waals surface area (Å²) in [7, 11) is 0. The maximum atomic E-state index is 4.75. The van der Waals surface area contributed by atoms with Gasteiger partial charge in [-0.1, -0.05) is 42.5 Å². The van der Waals surface area contributed by atoms with Crippen LogP contribution in [0.3, 0.4) is 0 Å². The van der Waals surface area contributed by atoms with Gasteiger partial charge in [0, 0.05) is 30.9 Å². The fourth-order valence-electron chi connectivity index (χ4n) is 3.60. The number of hydrogen-bond donors (Lipinski definition) is 1. The molecule has 0 spiro atoms. The van der Waals surface area contributed by atoms with Crippen molar-refractivity contribution < 1.29 is 0 Å². The molecule has 0 unspecified atom stereocenters. The monoisotopic (exact) mass is 353 g/mol. The minimum atomic E-state index is 0.588. The Morgan fingerprint density at radius 3 is 2.67 bits per heavy atom. The Balaban J connectivity index is 1.43. The lowest BCUT2D eigenvalue weighted by atomic mass is 10.00. The molecule has 3 heterocycles. The SMILES string of the molecule is c1ccc2c(c1)CCN(c1ccnc(Nc3cccc4cccnc34)n1)C2. The van der Waals surface area contributed by atoms with E-state index in [1.165, 1.54) is 11.1 Å². The Bertz CT molecular complexity index is 1100. The molecule has 0 saturated carbocycles. The van der Waals surface area contributed by atoms with E-state index in [-0.39, 0.29) is 0 Å². The van der Waals surface area contributed by atoms with Crippen molar-refractivity contribution in [1.29, 1.82) is 0 Å². The van der Waals surface area contributed by atoms with Crippen molar-refractivity contribution in [2.45, 2.75) is 13.0 Å². The highest BCUT2D eigenvalue weighted by atomic mass is 15.2. The zero-order chi connectivity index (χ0) is 18.1. The number of aromatic nitrogens is 3. The molecular formula is C22H19N5. The Morgan fingerprint density at radius 1 is 0.815 bits per heavy atom. The van der Waals surface area contributed by atoms with Crippen LogP contribution in [-0.4, -0.2) is 21.5 Å². The lowest BCUT2D eigenvalue weighted by Crippen LogP contribution is -2.31. The van der Waals surface area contributed by atoms with Crippen LogP contribution in [0.4, 0.5) is 17.5 Å². The topological polar surface area (TPSA) is 53.9 Å². The Hall–Kier alpha value is -3.47. The van der Waals surface area contributed by atoms with Gasteiger partial charge in [0.25, 0.3) is 0 Å². The minimum absolute atomic E-state index is 0.588. The lowest BCUT2D eigenvalue weighted by Gasteiger charge is -2.29. The van der Waals surface area contributed by atoms with Gasteiger partial charge in [-0.05, 0) is 35.7 Å². The summed E-state index contributed by atoms with van der Waals surface area (Å²) >= 11 is 0. The van der Waals surface area contributed by atoms with E-state index < -0.39 is 0 Å².